The Morgan fingerprint density at radius 2 is 2.47 bits per heavy atom. The van der Waals surface area contributed by atoms with Gasteiger partial charge >= 0.3 is 5.97 Å². The van der Waals surface area contributed by atoms with Crippen molar-refractivity contribution in [2.24, 2.45) is 0 Å². The van der Waals surface area contributed by atoms with E-state index in [0.717, 1.165) is 22.3 Å². The SMILES string of the molecule is CCc1nn(CCC#N)c2sc(C(=O)O)cc12. The molecule has 0 spiro atoms. The number of nitriles is 1. The van der Waals surface area contributed by atoms with Crippen LogP contribution in [0.15, 0.2) is 6.07 Å². The van der Waals surface area contributed by atoms with Gasteiger partial charge in [0.05, 0.1) is 24.7 Å². The second-order valence-corrected chi connectivity index (χ2v) is 4.60. The molecule has 0 aliphatic heterocycles. The third-order valence-corrected chi connectivity index (χ3v) is 3.62. The van der Waals surface area contributed by atoms with Gasteiger partial charge in [-0.25, -0.2) is 4.79 Å². The molecule has 0 amide bonds. The summed E-state index contributed by atoms with van der Waals surface area (Å²) in [6.45, 7) is 2.49. The lowest BCUT2D eigenvalue weighted by atomic mass is 10.2. The van der Waals surface area contributed by atoms with Gasteiger partial charge in [-0.05, 0) is 12.5 Å². The van der Waals surface area contributed by atoms with E-state index in [0.29, 0.717) is 17.8 Å². The molecule has 2 heterocycles. The minimum absolute atomic E-state index is 0.317. The highest BCUT2D eigenvalue weighted by Gasteiger charge is 2.16. The molecule has 0 bridgehead atoms. The monoisotopic (exact) mass is 249 g/mol. The molecule has 0 atom stereocenters. The van der Waals surface area contributed by atoms with Crippen molar-refractivity contribution in [3.05, 3.63) is 16.6 Å². The van der Waals surface area contributed by atoms with Crippen LogP contribution in [0.3, 0.4) is 0 Å². The summed E-state index contributed by atoms with van der Waals surface area (Å²) in [6, 6.07) is 3.73. The van der Waals surface area contributed by atoms with Gasteiger partial charge in [-0.1, -0.05) is 6.92 Å². The van der Waals surface area contributed by atoms with Crippen LogP contribution in [0.2, 0.25) is 0 Å². The largest absolute Gasteiger partial charge is 0.477 e. The lowest BCUT2D eigenvalue weighted by Gasteiger charge is -1.96. The Labute approximate surface area is 102 Å². The Morgan fingerprint density at radius 1 is 1.71 bits per heavy atom. The predicted molar refractivity (Wildman–Crippen MR) is 64.2 cm³/mol. The highest BCUT2D eigenvalue weighted by Crippen LogP contribution is 2.29. The quantitative estimate of drug-likeness (QED) is 0.901. The fourth-order valence-electron chi connectivity index (χ4n) is 1.70. The molecular formula is C11H11N3O2S. The smallest absolute Gasteiger partial charge is 0.345 e. The van der Waals surface area contributed by atoms with E-state index in [1.807, 2.05) is 6.92 Å². The standard InChI is InChI=1S/C11H11N3O2S/c1-2-8-7-6-9(11(15)16)17-10(7)14(13-8)5-3-4-12/h6H,2-3,5H2,1H3,(H,15,16). The number of hydrogen-bond donors (Lipinski definition) is 1. The Morgan fingerprint density at radius 3 is 3.06 bits per heavy atom. The zero-order valence-corrected chi connectivity index (χ0v) is 10.1. The first-order valence-electron chi connectivity index (χ1n) is 5.26. The number of thiophene rings is 1. The number of rotatable bonds is 4. The average molecular weight is 249 g/mol. The van der Waals surface area contributed by atoms with E-state index in [2.05, 4.69) is 11.2 Å². The van der Waals surface area contributed by atoms with Crippen molar-refractivity contribution in [2.75, 3.05) is 0 Å². The maximum atomic E-state index is 10.9. The number of fused-ring (bicyclic) bond motifs is 1. The molecule has 0 fully saturated rings. The summed E-state index contributed by atoms with van der Waals surface area (Å²) in [5.41, 5.74) is 0.890. The molecule has 0 unspecified atom stereocenters. The molecule has 0 aliphatic rings. The molecule has 1 N–H and O–H groups in total. The van der Waals surface area contributed by atoms with Crippen LogP contribution in [-0.2, 0) is 13.0 Å². The van der Waals surface area contributed by atoms with Crippen molar-refractivity contribution >= 4 is 27.5 Å². The number of carbonyl (C=O) groups is 1. The molecule has 0 radical (unpaired) electrons. The highest BCUT2D eigenvalue weighted by atomic mass is 32.1. The predicted octanol–water partition coefficient (Wildman–Crippen LogP) is 2.27. The molecular weight excluding hydrogens is 238 g/mol. The number of carboxylic acids is 1. The van der Waals surface area contributed by atoms with E-state index in [1.54, 1.807) is 10.7 Å². The first-order chi connectivity index (χ1) is 8.17. The van der Waals surface area contributed by atoms with Crippen molar-refractivity contribution in [2.45, 2.75) is 26.3 Å². The Kier molecular flexibility index (Phi) is 3.11. The van der Waals surface area contributed by atoms with Crippen LogP contribution in [0.1, 0.15) is 28.7 Å². The van der Waals surface area contributed by atoms with Gasteiger partial charge in [0.25, 0.3) is 0 Å². The first kappa shape index (κ1) is 11.6. The van der Waals surface area contributed by atoms with Gasteiger partial charge in [0, 0.05) is 5.39 Å². The van der Waals surface area contributed by atoms with E-state index < -0.39 is 5.97 Å². The number of aromatic nitrogens is 2. The summed E-state index contributed by atoms with van der Waals surface area (Å²) in [7, 11) is 0. The third-order valence-electron chi connectivity index (χ3n) is 2.48. The van der Waals surface area contributed by atoms with Gasteiger partial charge in [0.1, 0.15) is 9.71 Å². The van der Waals surface area contributed by atoms with Crippen LogP contribution in [0.25, 0.3) is 10.2 Å². The van der Waals surface area contributed by atoms with Crippen molar-refractivity contribution < 1.29 is 9.90 Å². The van der Waals surface area contributed by atoms with Crippen LogP contribution in [0.4, 0.5) is 0 Å². The van der Waals surface area contributed by atoms with Gasteiger partial charge in [-0.2, -0.15) is 10.4 Å². The van der Waals surface area contributed by atoms with Crippen molar-refractivity contribution in [1.29, 1.82) is 5.26 Å². The van der Waals surface area contributed by atoms with E-state index in [-0.39, 0.29) is 0 Å². The lowest BCUT2D eigenvalue weighted by molar-refractivity contribution is 0.0702. The van der Waals surface area contributed by atoms with E-state index in [9.17, 15) is 4.79 Å². The van der Waals surface area contributed by atoms with Crippen LogP contribution in [-0.4, -0.2) is 20.9 Å². The molecule has 2 rings (SSSR count). The zero-order valence-electron chi connectivity index (χ0n) is 9.30. The molecule has 0 saturated carbocycles. The van der Waals surface area contributed by atoms with Gasteiger partial charge in [0.2, 0.25) is 0 Å². The lowest BCUT2D eigenvalue weighted by Crippen LogP contribution is -1.99. The molecule has 17 heavy (non-hydrogen) atoms. The summed E-state index contributed by atoms with van der Waals surface area (Å²) >= 11 is 1.21. The zero-order chi connectivity index (χ0) is 12.4. The topological polar surface area (TPSA) is 78.9 Å². The van der Waals surface area contributed by atoms with Gasteiger partial charge in [0.15, 0.2) is 0 Å². The fourth-order valence-corrected chi connectivity index (χ4v) is 2.70. The molecule has 2 aromatic heterocycles. The van der Waals surface area contributed by atoms with Gasteiger partial charge in [-0.3, -0.25) is 4.68 Å². The maximum absolute atomic E-state index is 10.9. The second kappa shape index (κ2) is 4.55. The molecule has 2 aromatic rings. The summed E-state index contributed by atoms with van der Waals surface area (Å²) in [5.74, 6) is -0.917. The minimum atomic E-state index is -0.917. The summed E-state index contributed by atoms with van der Waals surface area (Å²) < 4.78 is 1.73. The normalized spacial score (nSPS) is 10.6. The highest BCUT2D eigenvalue weighted by molar-refractivity contribution is 7.20. The molecule has 88 valence electrons. The number of aryl methyl sites for hydroxylation is 2. The summed E-state index contributed by atoms with van der Waals surface area (Å²) in [4.78, 5) is 12.1. The maximum Gasteiger partial charge on any atom is 0.345 e. The van der Waals surface area contributed by atoms with Crippen molar-refractivity contribution in [1.82, 2.24) is 9.78 Å². The number of nitrogens with zero attached hydrogens (tertiary/aromatic N) is 3. The molecule has 0 aliphatic carbocycles. The molecule has 0 saturated heterocycles. The van der Waals surface area contributed by atoms with Gasteiger partial charge < -0.3 is 5.11 Å². The Bertz CT molecular complexity index is 606. The Balaban J connectivity index is 2.53. The average Bonchev–Trinajstić information content (AvgIpc) is 2.85. The van der Waals surface area contributed by atoms with Crippen LogP contribution >= 0.6 is 11.3 Å². The second-order valence-electron chi connectivity index (χ2n) is 3.57. The van der Waals surface area contributed by atoms with Crippen LogP contribution < -0.4 is 0 Å². The van der Waals surface area contributed by atoms with Crippen LogP contribution in [0.5, 0.6) is 0 Å². The number of hydrogen-bond acceptors (Lipinski definition) is 4. The number of carboxylic acid groups (broad SMARTS) is 1. The number of aromatic carboxylic acids is 1. The Hall–Kier alpha value is -1.87. The van der Waals surface area contributed by atoms with E-state index >= 15 is 0 Å². The van der Waals surface area contributed by atoms with Gasteiger partial charge in [-0.15, -0.1) is 11.3 Å². The van der Waals surface area contributed by atoms with Crippen LogP contribution in [0, 0.1) is 11.3 Å². The molecule has 6 heteroatoms. The van der Waals surface area contributed by atoms with Crippen molar-refractivity contribution in [3.8, 4) is 6.07 Å². The van der Waals surface area contributed by atoms with E-state index in [1.165, 1.54) is 11.3 Å². The molecule has 5 nitrogen and oxygen atoms in total. The summed E-state index contributed by atoms with van der Waals surface area (Å²) in [6.07, 6.45) is 1.13. The minimum Gasteiger partial charge on any atom is -0.477 e. The molecule has 0 aromatic carbocycles. The van der Waals surface area contributed by atoms with E-state index in [4.69, 9.17) is 10.4 Å². The third kappa shape index (κ3) is 2.01. The fraction of sp³-hybridized carbons (Fsp3) is 0.364. The van der Waals surface area contributed by atoms with Crippen molar-refractivity contribution in [3.63, 3.8) is 0 Å². The summed E-state index contributed by atoms with van der Waals surface area (Å²) in [5, 5.41) is 22.8. The first-order valence-corrected chi connectivity index (χ1v) is 6.08.